The molecule has 0 aromatic heterocycles. The van der Waals surface area contributed by atoms with Crippen LogP contribution in [-0.4, -0.2) is 43.7 Å². The summed E-state index contributed by atoms with van der Waals surface area (Å²) in [6, 6.07) is 8.04. The average molecular weight is 288 g/mol. The van der Waals surface area contributed by atoms with Crippen LogP contribution in [0.25, 0.3) is 0 Å². The van der Waals surface area contributed by atoms with Crippen LogP contribution in [0, 0.1) is 0 Å². The molecule has 0 radical (unpaired) electrons. The van der Waals surface area contributed by atoms with Crippen LogP contribution in [0.1, 0.15) is 36.4 Å². The van der Waals surface area contributed by atoms with Crippen molar-refractivity contribution in [3.8, 4) is 0 Å². The lowest BCUT2D eigenvalue weighted by atomic mass is 9.93. The molecule has 2 aliphatic rings. The number of carbonyl (C=O) groups excluding carboxylic acids is 1. The number of rotatable bonds is 3. The number of carbonyl (C=O) groups is 1. The van der Waals surface area contributed by atoms with E-state index in [1.807, 2.05) is 24.1 Å². The van der Waals surface area contributed by atoms with Crippen LogP contribution >= 0.6 is 0 Å². The predicted molar refractivity (Wildman–Crippen MR) is 82.1 cm³/mol. The Kier molecular flexibility index (Phi) is 4.56. The van der Waals surface area contributed by atoms with E-state index in [0.29, 0.717) is 6.54 Å². The molecular weight excluding hydrogens is 264 g/mol. The topological polar surface area (TPSA) is 41.6 Å². The number of benzene rings is 1. The van der Waals surface area contributed by atoms with E-state index in [4.69, 9.17) is 4.74 Å². The van der Waals surface area contributed by atoms with Crippen molar-refractivity contribution in [3.63, 3.8) is 0 Å². The minimum Gasteiger partial charge on any atom is -0.376 e. The van der Waals surface area contributed by atoms with Gasteiger partial charge in [-0.1, -0.05) is 24.3 Å². The van der Waals surface area contributed by atoms with Gasteiger partial charge in [-0.3, -0.25) is 4.79 Å². The second kappa shape index (κ2) is 6.58. The number of nitrogens with zero attached hydrogens (tertiary/aromatic N) is 1. The standard InChI is InChI=1S/C17H24N2O2/c1-19(12-14-7-4-5-11-21-14)17(20)16-15-8-3-2-6-13(15)9-10-18-16/h2-3,6,8,14,16,18H,4-5,7,9-12H2,1H3. The number of ether oxygens (including phenoxy) is 1. The van der Waals surface area contributed by atoms with Gasteiger partial charge in [0.25, 0.3) is 0 Å². The molecule has 1 aromatic carbocycles. The van der Waals surface area contributed by atoms with Gasteiger partial charge in [0, 0.05) is 26.7 Å². The van der Waals surface area contributed by atoms with Crippen molar-refractivity contribution < 1.29 is 9.53 Å². The third-order valence-corrected chi connectivity index (χ3v) is 4.48. The summed E-state index contributed by atoms with van der Waals surface area (Å²) in [7, 11) is 1.89. The third-order valence-electron chi connectivity index (χ3n) is 4.48. The zero-order chi connectivity index (χ0) is 14.7. The summed E-state index contributed by atoms with van der Waals surface area (Å²) in [6.07, 6.45) is 4.61. The highest BCUT2D eigenvalue weighted by atomic mass is 16.5. The van der Waals surface area contributed by atoms with Crippen LogP contribution in [0.5, 0.6) is 0 Å². The van der Waals surface area contributed by atoms with Gasteiger partial charge in [-0.05, 0) is 36.8 Å². The Morgan fingerprint density at radius 2 is 2.24 bits per heavy atom. The molecule has 2 atom stereocenters. The first-order valence-corrected chi connectivity index (χ1v) is 7.93. The molecule has 21 heavy (non-hydrogen) atoms. The molecule has 1 saturated heterocycles. The summed E-state index contributed by atoms with van der Waals surface area (Å²) in [5.41, 5.74) is 2.42. The fourth-order valence-electron chi connectivity index (χ4n) is 3.29. The summed E-state index contributed by atoms with van der Waals surface area (Å²) in [4.78, 5) is 14.6. The van der Waals surface area contributed by atoms with Gasteiger partial charge < -0.3 is 15.0 Å². The molecule has 1 aromatic rings. The van der Waals surface area contributed by atoms with Gasteiger partial charge in [0.2, 0.25) is 5.91 Å². The third kappa shape index (κ3) is 3.27. The van der Waals surface area contributed by atoms with Crippen LogP contribution in [0.2, 0.25) is 0 Å². The summed E-state index contributed by atoms with van der Waals surface area (Å²) in [5.74, 6) is 0.149. The molecular formula is C17H24N2O2. The van der Waals surface area contributed by atoms with E-state index < -0.39 is 0 Å². The van der Waals surface area contributed by atoms with E-state index in [0.717, 1.165) is 38.0 Å². The zero-order valence-corrected chi connectivity index (χ0v) is 12.7. The number of amides is 1. The van der Waals surface area contributed by atoms with Gasteiger partial charge >= 0.3 is 0 Å². The Labute approximate surface area is 126 Å². The first-order valence-electron chi connectivity index (χ1n) is 7.93. The number of hydrogen-bond acceptors (Lipinski definition) is 3. The Hall–Kier alpha value is -1.39. The monoisotopic (exact) mass is 288 g/mol. The Bertz CT molecular complexity index is 497. The van der Waals surface area contributed by atoms with Gasteiger partial charge in [-0.25, -0.2) is 0 Å². The van der Waals surface area contributed by atoms with E-state index in [2.05, 4.69) is 17.4 Å². The highest BCUT2D eigenvalue weighted by Crippen LogP contribution is 2.24. The van der Waals surface area contributed by atoms with Crippen molar-refractivity contribution in [2.24, 2.45) is 0 Å². The first-order chi connectivity index (χ1) is 10.3. The number of fused-ring (bicyclic) bond motifs is 1. The maximum atomic E-state index is 12.7. The second-order valence-electron chi connectivity index (χ2n) is 6.04. The number of nitrogens with one attached hydrogen (secondary N) is 1. The zero-order valence-electron chi connectivity index (χ0n) is 12.7. The molecule has 0 saturated carbocycles. The first kappa shape index (κ1) is 14.5. The largest absolute Gasteiger partial charge is 0.376 e. The fourth-order valence-corrected chi connectivity index (χ4v) is 3.29. The lowest BCUT2D eigenvalue weighted by Crippen LogP contribution is -2.45. The molecule has 1 N–H and O–H groups in total. The molecule has 1 amide bonds. The normalized spacial score (nSPS) is 25.2. The molecule has 4 heteroatoms. The molecule has 0 spiro atoms. The highest BCUT2D eigenvalue weighted by molar-refractivity contribution is 5.83. The minimum atomic E-state index is -0.205. The highest BCUT2D eigenvalue weighted by Gasteiger charge is 2.29. The van der Waals surface area contributed by atoms with Crippen molar-refractivity contribution in [2.75, 3.05) is 26.7 Å². The molecule has 2 unspecified atom stereocenters. The summed E-state index contributed by atoms with van der Waals surface area (Å²) >= 11 is 0. The predicted octanol–water partition coefficient (Wildman–Crippen LogP) is 1.90. The van der Waals surface area contributed by atoms with Crippen LogP contribution in [0.4, 0.5) is 0 Å². The van der Waals surface area contributed by atoms with E-state index in [1.165, 1.54) is 12.0 Å². The van der Waals surface area contributed by atoms with Crippen molar-refractivity contribution in [2.45, 2.75) is 37.8 Å². The average Bonchev–Trinajstić information content (AvgIpc) is 2.54. The summed E-state index contributed by atoms with van der Waals surface area (Å²) in [5, 5.41) is 3.36. The van der Waals surface area contributed by atoms with Crippen LogP contribution in [0.3, 0.4) is 0 Å². The van der Waals surface area contributed by atoms with Gasteiger partial charge in [0.15, 0.2) is 0 Å². The maximum absolute atomic E-state index is 12.7. The van der Waals surface area contributed by atoms with Crippen LogP contribution in [-0.2, 0) is 16.0 Å². The molecule has 114 valence electrons. The molecule has 2 aliphatic heterocycles. The second-order valence-corrected chi connectivity index (χ2v) is 6.04. The van der Waals surface area contributed by atoms with Crippen LogP contribution < -0.4 is 5.32 Å². The smallest absolute Gasteiger partial charge is 0.244 e. The van der Waals surface area contributed by atoms with E-state index >= 15 is 0 Å². The van der Waals surface area contributed by atoms with Gasteiger partial charge in [0.05, 0.1) is 6.10 Å². The Morgan fingerprint density at radius 1 is 1.38 bits per heavy atom. The lowest BCUT2D eigenvalue weighted by Gasteiger charge is -2.32. The van der Waals surface area contributed by atoms with E-state index in [1.54, 1.807) is 0 Å². The Morgan fingerprint density at radius 3 is 3.05 bits per heavy atom. The molecule has 0 bridgehead atoms. The molecule has 2 heterocycles. The van der Waals surface area contributed by atoms with Crippen molar-refractivity contribution in [1.29, 1.82) is 0 Å². The summed E-state index contributed by atoms with van der Waals surface area (Å²) < 4.78 is 5.74. The number of hydrogen-bond donors (Lipinski definition) is 1. The molecule has 0 aliphatic carbocycles. The fraction of sp³-hybridized carbons (Fsp3) is 0.588. The molecule has 4 nitrogen and oxygen atoms in total. The van der Waals surface area contributed by atoms with Crippen LogP contribution in [0.15, 0.2) is 24.3 Å². The SMILES string of the molecule is CN(CC1CCCCO1)C(=O)C1NCCc2ccccc21. The maximum Gasteiger partial charge on any atom is 0.244 e. The van der Waals surface area contributed by atoms with Crippen molar-refractivity contribution >= 4 is 5.91 Å². The van der Waals surface area contributed by atoms with E-state index in [-0.39, 0.29) is 18.1 Å². The van der Waals surface area contributed by atoms with Crippen molar-refractivity contribution in [3.05, 3.63) is 35.4 Å². The van der Waals surface area contributed by atoms with Gasteiger partial charge in [-0.15, -0.1) is 0 Å². The number of likely N-dealkylation sites (N-methyl/N-ethyl adjacent to an activating group) is 1. The van der Waals surface area contributed by atoms with Crippen molar-refractivity contribution in [1.82, 2.24) is 10.2 Å². The molecule has 1 fully saturated rings. The van der Waals surface area contributed by atoms with Gasteiger partial charge in [0.1, 0.15) is 6.04 Å². The summed E-state index contributed by atoms with van der Waals surface area (Å²) in [6.45, 7) is 2.39. The minimum absolute atomic E-state index is 0.149. The quantitative estimate of drug-likeness (QED) is 0.923. The molecule has 3 rings (SSSR count). The van der Waals surface area contributed by atoms with E-state index in [9.17, 15) is 4.79 Å². The lowest BCUT2D eigenvalue weighted by molar-refractivity contribution is -0.134. The van der Waals surface area contributed by atoms with Gasteiger partial charge in [-0.2, -0.15) is 0 Å². The Balaban J connectivity index is 1.67.